The van der Waals surface area contributed by atoms with Gasteiger partial charge in [-0.05, 0) is 30.7 Å². The first-order valence-corrected chi connectivity index (χ1v) is 9.47. The van der Waals surface area contributed by atoms with E-state index in [0.717, 1.165) is 11.3 Å². The van der Waals surface area contributed by atoms with Crippen molar-refractivity contribution >= 4 is 16.9 Å². The van der Waals surface area contributed by atoms with Crippen molar-refractivity contribution in [3.05, 3.63) is 70.3 Å². The summed E-state index contributed by atoms with van der Waals surface area (Å²) in [5.41, 5.74) is 3.07. The summed E-state index contributed by atoms with van der Waals surface area (Å²) in [5, 5.41) is 4.76. The van der Waals surface area contributed by atoms with Gasteiger partial charge in [0.25, 0.3) is 5.56 Å². The molecule has 0 fully saturated rings. The maximum atomic E-state index is 12.8. The van der Waals surface area contributed by atoms with Gasteiger partial charge in [0.1, 0.15) is 0 Å². The Kier molecular flexibility index (Phi) is 5.14. The minimum atomic E-state index is -0.217. The largest absolute Gasteiger partial charge is 0.493 e. The molecule has 0 bridgehead atoms. The Morgan fingerprint density at radius 2 is 2.00 bits per heavy atom. The van der Waals surface area contributed by atoms with Gasteiger partial charge in [-0.3, -0.25) is 9.78 Å². The van der Waals surface area contributed by atoms with Gasteiger partial charge in [-0.2, -0.15) is 5.10 Å². The molecule has 0 radical (unpaired) electrons. The molecule has 0 atom stereocenters. The number of methoxy groups -OCH3 is 2. The van der Waals surface area contributed by atoms with Gasteiger partial charge in [0.2, 0.25) is 5.95 Å². The molecular weight excluding hydrogens is 382 g/mol. The van der Waals surface area contributed by atoms with Crippen molar-refractivity contribution < 1.29 is 9.47 Å². The second-order valence-electron chi connectivity index (χ2n) is 7.00. The molecule has 154 valence electrons. The number of aromatic amines is 1. The highest BCUT2D eigenvalue weighted by atomic mass is 16.5. The van der Waals surface area contributed by atoms with Gasteiger partial charge < -0.3 is 14.4 Å². The third-order valence-corrected chi connectivity index (χ3v) is 5.03. The van der Waals surface area contributed by atoms with Gasteiger partial charge in [-0.15, -0.1) is 0 Å². The predicted molar refractivity (Wildman–Crippen MR) is 116 cm³/mol. The molecule has 2 aromatic carbocycles. The average molecular weight is 405 g/mol. The fourth-order valence-corrected chi connectivity index (χ4v) is 3.59. The van der Waals surface area contributed by atoms with Gasteiger partial charge in [-0.25, -0.2) is 9.67 Å². The number of aryl methyl sites for hydroxylation is 1. The first kappa shape index (κ1) is 19.5. The molecular formula is C22H23N5O3. The molecule has 0 unspecified atom stereocenters. The smallest absolute Gasteiger partial charge is 0.260 e. The number of rotatable bonds is 6. The van der Waals surface area contributed by atoms with E-state index in [-0.39, 0.29) is 5.56 Å². The maximum absolute atomic E-state index is 12.8. The molecule has 0 saturated heterocycles. The molecule has 0 saturated carbocycles. The number of hydrogen-bond acceptors (Lipinski definition) is 6. The summed E-state index contributed by atoms with van der Waals surface area (Å²) in [6.07, 6.45) is 3.64. The minimum Gasteiger partial charge on any atom is -0.493 e. The second-order valence-corrected chi connectivity index (χ2v) is 7.00. The van der Waals surface area contributed by atoms with Crippen LogP contribution in [0.2, 0.25) is 0 Å². The lowest BCUT2D eigenvalue weighted by molar-refractivity contribution is 0.354. The Hall–Kier alpha value is -3.81. The van der Waals surface area contributed by atoms with Gasteiger partial charge in [-0.1, -0.05) is 12.1 Å². The van der Waals surface area contributed by atoms with Crippen LogP contribution in [-0.2, 0) is 6.54 Å². The number of ether oxygens (including phenoxy) is 2. The molecule has 0 aliphatic rings. The lowest BCUT2D eigenvalue weighted by atomic mass is 10.1. The van der Waals surface area contributed by atoms with Gasteiger partial charge in [0.15, 0.2) is 11.5 Å². The van der Waals surface area contributed by atoms with E-state index >= 15 is 0 Å². The van der Waals surface area contributed by atoms with Crippen molar-refractivity contribution in [2.75, 3.05) is 26.2 Å². The number of nitrogens with zero attached hydrogens (tertiary/aromatic N) is 4. The SMILES string of the molecule is COc1cc2nc(N(C)Cc3cccc(-n4cccn4)c3)[nH]c(=O)c2c(C)c1OC. The van der Waals surface area contributed by atoms with Crippen LogP contribution in [0.15, 0.2) is 53.6 Å². The van der Waals surface area contributed by atoms with Gasteiger partial charge in [0.05, 0.1) is 30.8 Å². The van der Waals surface area contributed by atoms with E-state index in [1.807, 2.05) is 54.0 Å². The van der Waals surface area contributed by atoms with Crippen molar-refractivity contribution in [2.24, 2.45) is 0 Å². The average Bonchev–Trinajstić information content (AvgIpc) is 3.28. The fourth-order valence-electron chi connectivity index (χ4n) is 3.59. The summed E-state index contributed by atoms with van der Waals surface area (Å²) in [6, 6.07) is 11.7. The van der Waals surface area contributed by atoms with Crippen LogP contribution in [-0.4, -0.2) is 41.0 Å². The molecule has 2 aromatic heterocycles. The quantitative estimate of drug-likeness (QED) is 0.531. The Bertz CT molecular complexity index is 1250. The van der Waals surface area contributed by atoms with Crippen molar-refractivity contribution in [1.29, 1.82) is 0 Å². The molecule has 0 spiro atoms. The number of aromatic nitrogens is 4. The van der Waals surface area contributed by atoms with E-state index in [1.165, 1.54) is 0 Å². The summed E-state index contributed by atoms with van der Waals surface area (Å²) in [6.45, 7) is 2.39. The van der Waals surface area contributed by atoms with E-state index in [1.54, 1.807) is 26.5 Å². The molecule has 4 aromatic rings. The summed E-state index contributed by atoms with van der Waals surface area (Å²) < 4.78 is 12.6. The van der Waals surface area contributed by atoms with Crippen LogP contribution in [0.1, 0.15) is 11.1 Å². The van der Waals surface area contributed by atoms with Crippen LogP contribution in [0.25, 0.3) is 16.6 Å². The van der Waals surface area contributed by atoms with Crippen LogP contribution >= 0.6 is 0 Å². The molecule has 4 rings (SSSR count). The fraction of sp³-hybridized carbons (Fsp3) is 0.227. The Morgan fingerprint density at radius 1 is 1.17 bits per heavy atom. The first-order valence-electron chi connectivity index (χ1n) is 9.47. The number of H-pyrrole nitrogens is 1. The van der Waals surface area contributed by atoms with E-state index in [9.17, 15) is 4.79 Å². The molecule has 0 aliphatic carbocycles. The van der Waals surface area contributed by atoms with Crippen LogP contribution in [0.5, 0.6) is 11.5 Å². The van der Waals surface area contributed by atoms with E-state index in [2.05, 4.69) is 21.1 Å². The number of anilines is 1. The van der Waals surface area contributed by atoms with Gasteiger partial charge >= 0.3 is 0 Å². The monoisotopic (exact) mass is 405 g/mol. The highest BCUT2D eigenvalue weighted by Gasteiger charge is 2.17. The standard InChI is InChI=1S/C22H23N5O3/c1-14-19-17(12-18(29-3)20(14)30-4)24-22(25-21(19)28)26(2)13-15-7-5-8-16(11-15)27-10-6-9-23-27/h5-12H,13H2,1-4H3,(H,24,25,28). The molecule has 8 nitrogen and oxygen atoms in total. The molecule has 0 amide bonds. The summed E-state index contributed by atoms with van der Waals surface area (Å²) in [5.74, 6) is 1.55. The molecule has 0 aliphatic heterocycles. The van der Waals surface area contributed by atoms with Crippen LogP contribution < -0.4 is 19.9 Å². The Morgan fingerprint density at radius 3 is 2.70 bits per heavy atom. The third kappa shape index (κ3) is 3.47. The zero-order valence-corrected chi connectivity index (χ0v) is 17.3. The van der Waals surface area contributed by atoms with Crippen molar-refractivity contribution in [3.8, 4) is 17.2 Å². The van der Waals surface area contributed by atoms with E-state index < -0.39 is 0 Å². The van der Waals surface area contributed by atoms with E-state index in [0.29, 0.717) is 40.5 Å². The second kappa shape index (κ2) is 7.90. The molecule has 8 heteroatoms. The number of fused-ring (bicyclic) bond motifs is 1. The van der Waals surface area contributed by atoms with Gasteiger partial charge in [0, 0.05) is 37.6 Å². The highest BCUT2D eigenvalue weighted by Crippen LogP contribution is 2.35. The zero-order valence-electron chi connectivity index (χ0n) is 17.3. The minimum absolute atomic E-state index is 0.217. The number of nitrogens with one attached hydrogen (secondary N) is 1. The van der Waals surface area contributed by atoms with Crippen LogP contribution in [0.3, 0.4) is 0 Å². The molecule has 30 heavy (non-hydrogen) atoms. The van der Waals surface area contributed by atoms with Crippen LogP contribution in [0.4, 0.5) is 5.95 Å². The summed E-state index contributed by atoms with van der Waals surface area (Å²) >= 11 is 0. The Balaban J connectivity index is 1.69. The van der Waals surface area contributed by atoms with Crippen molar-refractivity contribution in [3.63, 3.8) is 0 Å². The predicted octanol–water partition coefficient (Wildman–Crippen LogP) is 3.07. The third-order valence-electron chi connectivity index (χ3n) is 5.03. The maximum Gasteiger partial charge on any atom is 0.260 e. The van der Waals surface area contributed by atoms with Crippen molar-refractivity contribution in [1.82, 2.24) is 19.7 Å². The molecule has 1 N–H and O–H groups in total. The van der Waals surface area contributed by atoms with Crippen LogP contribution in [0, 0.1) is 6.92 Å². The first-order chi connectivity index (χ1) is 14.5. The highest BCUT2D eigenvalue weighted by molar-refractivity contribution is 5.86. The lowest BCUT2D eigenvalue weighted by Crippen LogP contribution is -2.23. The summed E-state index contributed by atoms with van der Waals surface area (Å²) in [7, 11) is 5.01. The topological polar surface area (TPSA) is 85.3 Å². The molecule has 2 heterocycles. The normalized spacial score (nSPS) is 10.9. The van der Waals surface area contributed by atoms with E-state index in [4.69, 9.17) is 9.47 Å². The summed E-state index contributed by atoms with van der Waals surface area (Å²) in [4.78, 5) is 22.3. The number of benzene rings is 2. The lowest BCUT2D eigenvalue weighted by Gasteiger charge is -2.19. The zero-order chi connectivity index (χ0) is 21.3. The Labute approximate surface area is 173 Å². The van der Waals surface area contributed by atoms with Crippen molar-refractivity contribution in [2.45, 2.75) is 13.5 Å². The number of hydrogen-bond donors (Lipinski definition) is 1.